The summed E-state index contributed by atoms with van der Waals surface area (Å²) in [6.45, 7) is 7.15. The van der Waals surface area contributed by atoms with Crippen molar-refractivity contribution in [3.63, 3.8) is 0 Å². The highest BCUT2D eigenvalue weighted by Crippen LogP contribution is 2.39. The highest BCUT2D eigenvalue weighted by molar-refractivity contribution is 4.81. The van der Waals surface area contributed by atoms with E-state index in [0.29, 0.717) is 11.5 Å². The van der Waals surface area contributed by atoms with E-state index >= 15 is 0 Å². The molecule has 2 unspecified atom stereocenters. The fourth-order valence-electron chi connectivity index (χ4n) is 2.30. The van der Waals surface area contributed by atoms with E-state index in [0.717, 1.165) is 5.92 Å². The van der Waals surface area contributed by atoms with Crippen molar-refractivity contribution in [2.45, 2.75) is 65.3 Å². The maximum Gasteiger partial charge on any atom is 0.00390 e. The number of hydrogen-bond donors (Lipinski definition) is 1. The summed E-state index contributed by atoms with van der Waals surface area (Å²) in [5.41, 5.74) is 6.58. The van der Waals surface area contributed by atoms with E-state index in [1.165, 1.54) is 38.5 Å². The van der Waals surface area contributed by atoms with Crippen molar-refractivity contribution < 1.29 is 0 Å². The molecule has 0 aromatic carbocycles. The lowest BCUT2D eigenvalue weighted by Crippen LogP contribution is -2.30. The molecule has 0 radical (unpaired) electrons. The van der Waals surface area contributed by atoms with Gasteiger partial charge in [-0.15, -0.1) is 0 Å². The molecule has 1 nitrogen and oxygen atoms in total. The van der Waals surface area contributed by atoms with Gasteiger partial charge < -0.3 is 5.73 Å². The summed E-state index contributed by atoms with van der Waals surface area (Å²) in [6, 6.07) is 0.471. The molecule has 0 bridgehead atoms. The second kappa shape index (κ2) is 4.45. The van der Waals surface area contributed by atoms with Gasteiger partial charge in [0.05, 0.1) is 0 Å². The van der Waals surface area contributed by atoms with Crippen molar-refractivity contribution in [1.82, 2.24) is 0 Å². The number of rotatable bonds is 1. The van der Waals surface area contributed by atoms with Crippen LogP contribution in [0.4, 0.5) is 0 Å². The van der Waals surface area contributed by atoms with Crippen LogP contribution in [0.15, 0.2) is 0 Å². The Kier molecular flexibility index (Phi) is 3.78. The van der Waals surface area contributed by atoms with E-state index in [-0.39, 0.29) is 0 Å². The molecule has 0 aromatic rings. The average molecular weight is 183 g/mol. The highest BCUT2D eigenvalue weighted by Gasteiger charge is 2.29. The van der Waals surface area contributed by atoms with Gasteiger partial charge in [0, 0.05) is 6.04 Å². The van der Waals surface area contributed by atoms with Crippen molar-refractivity contribution in [3.8, 4) is 0 Å². The van der Waals surface area contributed by atoms with Crippen LogP contribution in [0.3, 0.4) is 0 Å². The topological polar surface area (TPSA) is 26.0 Å². The predicted octanol–water partition coefficient (Wildman–Crippen LogP) is 3.33. The lowest BCUT2D eigenvalue weighted by molar-refractivity contribution is 0.154. The summed E-state index contributed by atoms with van der Waals surface area (Å²) in [7, 11) is 0. The SMILES string of the molecule is CC(C)C1(C)CCCCC(N)CC1. The maximum atomic E-state index is 6.03. The Morgan fingerprint density at radius 2 is 1.85 bits per heavy atom. The molecule has 1 heteroatoms. The van der Waals surface area contributed by atoms with Crippen LogP contribution in [0.25, 0.3) is 0 Å². The molecule has 2 atom stereocenters. The summed E-state index contributed by atoms with van der Waals surface area (Å²) < 4.78 is 0. The zero-order chi connectivity index (χ0) is 9.90. The van der Waals surface area contributed by atoms with Crippen LogP contribution in [0.2, 0.25) is 0 Å². The zero-order valence-electron chi connectivity index (χ0n) is 9.47. The minimum atomic E-state index is 0.471. The zero-order valence-corrected chi connectivity index (χ0v) is 9.47. The van der Waals surface area contributed by atoms with Gasteiger partial charge in [-0.3, -0.25) is 0 Å². The highest BCUT2D eigenvalue weighted by atomic mass is 14.6. The molecule has 1 saturated carbocycles. The molecule has 0 amide bonds. The molecule has 0 saturated heterocycles. The summed E-state index contributed by atoms with van der Waals surface area (Å²) in [5, 5.41) is 0. The molecule has 1 rings (SSSR count). The van der Waals surface area contributed by atoms with Gasteiger partial charge in [0.25, 0.3) is 0 Å². The standard InChI is InChI=1S/C12H25N/c1-10(2)12(3)8-5-4-6-11(13)7-9-12/h10-11H,4-9,13H2,1-3H3. The van der Waals surface area contributed by atoms with Gasteiger partial charge >= 0.3 is 0 Å². The lowest BCUT2D eigenvalue weighted by Gasteiger charge is -2.36. The third-order valence-corrected chi connectivity index (χ3v) is 4.05. The van der Waals surface area contributed by atoms with Crippen LogP contribution in [-0.4, -0.2) is 6.04 Å². The minimum Gasteiger partial charge on any atom is -0.328 e. The Labute approximate surface area is 83.1 Å². The molecule has 1 aliphatic carbocycles. The minimum absolute atomic E-state index is 0.471. The molecule has 2 N–H and O–H groups in total. The Morgan fingerprint density at radius 3 is 2.46 bits per heavy atom. The van der Waals surface area contributed by atoms with E-state index in [2.05, 4.69) is 20.8 Å². The summed E-state index contributed by atoms with van der Waals surface area (Å²) >= 11 is 0. The Bertz CT molecular complexity index is 153. The van der Waals surface area contributed by atoms with E-state index in [1.807, 2.05) is 0 Å². The van der Waals surface area contributed by atoms with E-state index < -0.39 is 0 Å². The lowest BCUT2D eigenvalue weighted by atomic mass is 9.70. The quantitative estimate of drug-likeness (QED) is 0.663. The van der Waals surface area contributed by atoms with E-state index in [4.69, 9.17) is 5.73 Å². The van der Waals surface area contributed by atoms with Crippen LogP contribution in [0, 0.1) is 11.3 Å². The van der Waals surface area contributed by atoms with Crippen LogP contribution < -0.4 is 5.73 Å². The first-order chi connectivity index (χ1) is 6.04. The van der Waals surface area contributed by atoms with Crippen molar-refractivity contribution >= 4 is 0 Å². The molecular weight excluding hydrogens is 158 g/mol. The molecule has 0 heterocycles. The normalized spacial score (nSPS) is 37.2. The molecular formula is C12H25N. The second-order valence-electron chi connectivity index (χ2n) is 5.35. The monoisotopic (exact) mass is 183 g/mol. The van der Waals surface area contributed by atoms with Crippen LogP contribution in [-0.2, 0) is 0 Å². The van der Waals surface area contributed by atoms with Gasteiger partial charge in [-0.1, -0.05) is 33.6 Å². The molecule has 0 aliphatic heterocycles. The largest absolute Gasteiger partial charge is 0.328 e. The number of hydrogen-bond acceptors (Lipinski definition) is 1. The van der Waals surface area contributed by atoms with Gasteiger partial charge in [0.1, 0.15) is 0 Å². The van der Waals surface area contributed by atoms with E-state index in [9.17, 15) is 0 Å². The Balaban J connectivity index is 2.53. The van der Waals surface area contributed by atoms with Crippen LogP contribution in [0.5, 0.6) is 0 Å². The summed E-state index contributed by atoms with van der Waals surface area (Å²) in [5.74, 6) is 0.804. The van der Waals surface area contributed by atoms with Crippen LogP contribution >= 0.6 is 0 Å². The molecule has 13 heavy (non-hydrogen) atoms. The van der Waals surface area contributed by atoms with Crippen molar-refractivity contribution in [3.05, 3.63) is 0 Å². The third-order valence-electron chi connectivity index (χ3n) is 4.05. The summed E-state index contributed by atoms with van der Waals surface area (Å²) in [4.78, 5) is 0. The Morgan fingerprint density at radius 1 is 1.15 bits per heavy atom. The predicted molar refractivity (Wildman–Crippen MR) is 58.6 cm³/mol. The maximum absolute atomic E-state index is 6.03. The van der Waals surface area contributed by atoms with Crippen LogP contribution in [0.1, 0.15) is 59.3 Å². The fraction of sp³-hybridized carbons (Fsp3) is 1.00. The van der Waals surface area contributed by atoms with Gasteiger partial charge in [-0.2, -0.15) is 0 Å². The first-order valence-corrected chi connectivity index (χ1v) is 5.80. The first kappa shape index (κ1) is 11.0. The van der Waals surface area contributed by atoms with Gasteiger partial charge in [-0.05, 0) is 37.0 Å². The van der Waals surface area contributed by atoms with Crippen molar-refractivity contribution in [2.24, 2.45) is 17.1 Å². The van der Waals surface area contributed by atoms with Crippen molar-refractivity contribution in [1.29, 1.82) is 0 Å². The molecule has 1 aliphatic rings. The molecule has 0 aromatic heterocycles. The molecule has 78 valence electrons. The third kappa shape index (κ3) is 2.98. The van der Waals surface area contributed by atoms with Gasteiger partial charge in [-0.25, -0.2) is 0 Å². The molecule has 0 spiro atoms. The van der Waals surface area contributed by atoms with E-state index in [1.54, 1.807) is 0 Å². The van der Waals surface area contributed by atoms with Crippen molar-refractivity contribution in [2.75, 3.05) is 0 Å². The number of nitrogens with two attached hydrogens (primary N) is 1. The average Bonchev–Trinajstić information content (AvgIpc) is 2.06. The molecule has 1 fully saturated rings. The second-order valence-corrected chi connectivity index (χ2v) is 5.35. The smallest absolute Gasteiger partial charge is 0.00390 e. The first-order valence-electron chi connectivity index (χ1n) is 5.80. The van der Waals surface area contributed by atoms with Gasteiger partial charge in [0.15, 0.2) is 0 Å². The fourth-order valence-corrected chi connectivity index (χ4v) is 2.30. The Hall–Kier alpha value is -0.0400. The summed E-state index contributed by atoms with van der Waals surface area (Å²) in [6.07, 6.45) is 7.91. The van der Waals surface area contributed by atoms with Gasteiger partial charge in [0.2, 0.25) is 0 Å².